The smallest absolute Gasteiger partial charge is 0.240 e. The van der Waals surface area contributed by atoms with Crippen molar-refractivity contribution in [2.75, 3.05) is 5.73 Å². The van der Waals surface area contributed by atoms with E-state index < -0.39 is 10.0 Å². The predicted molar refractivity (Wildman–Crippen MR) is 103 cm³/mol. The lowest BCUT2D eigenvalue weighted by Gasteiger charge is -2.09. The third kappa shape index (κ3) is 4.62. The number of benzene rings is 3. The lowest BCUT2D eigenvalue weighted by molar-refractivity contribution is 0.482. The quantitative estimate of drug-likeness (QED) is 0.648. The van der Waals surface area contributed by atoms with Crippen LogP contribution in [0, 0.1) is 6.92 Å². The van der Waals surface area contributed by atoms with Crippen LogP contribution in [0.15, 0.2) is 77.7 Å². The zero-order valence-electron chi connectivity index (χ0n) is 14.3. The van der Waals surface area contributed by atoms with Crippen LogP contribution in [0.4, 0.5) is 5.69 Å². The summed E-state index contributed by atoms with van der Waals surface area (Å²) in [7, 11) is -3.58. The summed E-state index contributed by atoms with van der Waals surface area (Å²) < 4.78 is 32.9. The van der Waals surface area contributed by atoms with Crippen LogP contribution in [0.1, 0.15) is 11.1 Å². The van der Waals surface area contributed by atoms with E-state index in [9.17, 15) is 8.42 Å². The Balaban J connectivity index is 1.63. The second kappa shape index (κ2) is 7.59. The first-order chi connectivity index (χ1) is 12.4. The maximum absolute atomic E-state index is 12.3. The van der Waals surface area contributed by atoms with Gasteiger partial charge in [0.2, 0.25) is 10.0 Å². The fourth-order valence-corrected chi connectivity index (χ4v) is 3.42. The number of aryl methyl sites for hydroxylation is 1. The van der Waals surface area contributed by atoms with E-state index in [1.807, 2.05) is 55.5 Å². The van der Waals surface area contributed by atoms with Gasteiger partial charge < -0.3 is 10.5 Å². The molecule has 3 aromatic rings. The van der Waals surface area contributed by atoms with Crippen molar-refractivity contribution in [1.29, 1.82) is 0 Å². The van der Waals surface area contributed by atoms with Gasteiger partial charge in [-0.2, -0.15) is 0 Å². The van der Waals surface area contributed by atoms with Crippen LogP contribution in [0.5, 0.6) is 11.5 Å². The summed E-state index contributed by atoms with van der Waals surface area (Å²) in [6, 6.07) is 21.2. The van der Waals surface area contributed by atoms with Crippen molar-refractivity contribution >= 4 is 15.7 Å². The fraction of sp³-hybridized carbons (Fsp3) is 0.100. The molecule has 6 heteroatoms. The minimum Gasteiger partial charge on any atom is -0.457 e. The van der Waals surface area contributed by atoms with E-state index in [0.717, 1.165) is 16.9 Å². The lowest BCUT2D eigenvalue weighted by Crippen LogP contribution is -2.23. The molecule has 0 saturated heterocycles. The van der Waals surface area contributed by atoms with Crippen molar-refractivity contribution in [2.45, 2.75) is 18.4 Å². The van der Waals surface area contributed by atoms with Crippen molar-refractivity contribution in [3.05, 3.63) is 83.9 Å². The van der Waals surface area contributed by atoms with Gasteiger partial charge in [-0.05, 0) is 66.6 Å². The van der Waals surface area contributed by atoms with Crippen LogP contribution in [0.2, 0.25) is 0 Å². The molecule has 0 saturated carbocycles. The predicted octanol–water partition coefficient (Wildman–Crippen LogP) is 3.85. The number of nitrogens with two attached hydrogens (primary N) is 1. The second-order valence-electron chi connectivity index (χ2n) is 5.96. The first kappa shape index (κ1) is 18.0. The van der Waals surface area contributed by atoms with Crippen molar-refractivity contribution in [2.24, 2.45) is 0 Å². The molecule has 3 aromatic carbocycles. The van der Waals surface area contributed by atoms with Gasteiger partial charge in [0.15, 0.2) is 0 Å². The van der Waals surface area contributed by atoms with E-state index in [-0.39, 0.29) is 11.4 Å². The number of sulfonamides is 1. The molecule has 134 valence electrons. The molecule has 0 aliphatic heterocycles. The van der Waals surface area contributed by atoms with Crippen molar-refractivity contribution in [1.82, 2.24) is 4.72 Å². The van der Waals surface area contributed by atoms with E-state index in [1.165, 1.54) is 12.1 Å². The number of rotatable bonds is 6. The first-order valence-electron chi connectivity index (χ1n) is 8.11. The lowest BCUT2D eigenvalue weighted by atomic mass is 10.2. The molecule has 26 heavy (non-hydrogen) atoms. The number of anilines is 1. The molecule has 3 N–H and O–H groups in total. The summed E-state index contributed by atoms with van der Waals surface area (Å²) in [4.78, 5) is 0.186. The van der Waals surface area contributed by atoms with Gasteiger partial charge in [-0.15, -0.1) is 0 Å². The summed E-state index contributed by atoms with van der Waals surface area (Å²) >= 11 is 0. The zero-order valence-corrected chi connectivity index (χ0v) is 15.2. The molecular weight excluding hydrogens is 348 g/mol. The Morgan fingerprint density at radius 2 is 1.62 bits per heavy atom. The SMILES string of the molecule is Cc1cccc(Oc2ccc(CNS(=O)(=O)c3ccc(N)cc3)cc2)c1. The van der Waals surface area contributed by atoms with Gasteiger partial charge >= 0.3 is 0 Å². The molecule has 3 rings (SSSR count). The number of nitrogens with one attached hydrogen (secondary N) is 1. The maximum Gasteiger partial charge on any atom is 0.240 e. The highest BCUT2D eigenvalue weighted by Gasteiger charge is 2.13. The van der Waals surface area contributed by atoms with Gasteiger partial charge in [0, 0.05) is 12.2 Å². The second-order valence-corrected chi connectivity index (χ2v) is 7.72. The normalized spacial score (nSPS) is 11.3. The van der Waals surface area contributed by atoms with Gasteiger partial charge in [0.25, 0.3) is 0 Å². The van der Waals surface area contributed by atoms with Crippen LogP contribution in [-0.2, 0) is 16.6 Å². The molecular formula is C20H20N2O3S. The number of hydrogen-bond donors (Lipinski definition) is 2. The van der Waals surface area contributed by atoms with Crippen molar-refractivity contribution in [3.63, 3.8) is 0 Å². The standard InChI is InChI=1S/C20H20N2O3S/c1-15-3-2-4-19(13-15)25-18-9-5-16(6-10-18)14-22-26(23,24)20-11-7-17(21)8-12-20/h2-13,22H,14,21H2,1H3. The third-order valence-corrected chi connectivity index (χ3v) is 5.22. The molecule has 5 nitrogen and oxygen atoms in total. The summed E-state index contributed by atoms with van der Waals surface area (Å²) in [6.45, 7) is 2.20. The number of nitrogen functional groups attached to an aromatic ring is 1. The molecule has 0 spiro atoms. The fourth-order valence-electron chi connectivity index (χ4n) is 2.40. The van der Waals surface area contributed by atoms with Crippen molar-refractivity contribution < 1.29 is 13.2 Å². The number of hydrogen-bond acceptors (Lipinski definition) is 4. The summed E-state index contributed by atoms with van der Waals surface area (Å²) in [5.74, 6) is 1.46. The summed E-state index contributed by atoms with van der Waals surface area (Å²) in [6.07, 6.45) is 0. The minimum absolute atomic E-state index is 0.186. The van der Waals surface area contributed by atoms with Crippen molar-refractivity contribution in [3.8, 4) is 11.5 Å². The highest BCUT2D eigenvalue weighted by atomic mass is 32.2. The largest absolute Gasteiger partial charge is 0.457 e. The Morgan fingerprint density at radius 1 is 0.923 bits per heavy atom. The van der Waals surface area contributed by atoms with E-state index in [2.05, 4.69) is 4.72 Å². The van der Waals surface area contributed by atoms with Gasteiger partial charge in [-0.25, -0.2) is 13.1 Å². The van der Waals surface area contributed by atoms with Crippen LogP contribution in [-0.4, -0.2) is 8.42 Å². The molecule has 0 bridgehead atoms. The minimum atomic E-state index is -3.58. The molecule has 0 aromatic heterocycles. The van der Waals surface area contributed by atoms with E-state index in [4.69, 9.17) is 10.5 Å². The molecule has 0 heterocycles. The molecule has 0 unspecified atom stereocenters. The van der Waals surface area contributed by atoms with Crippen LogP contribution in [0.3, 0.4) is 0 Å². The van der Waals surface area contributed by atoms with Gasteiger partial charge in [-0.3, -0.25) is 0 Å². The molecule has 0 fully saturated rings. The van der Waals surface area contributed by atoms with Gasteiger partial charge in [0.05, 0.1) is 4.90 Å². The Kier molecular flexibility index (Phi) is 5.25. The average molecular weight is 368 g/mol. The number of ether oxygens (including phenoxy) is 1. The molecule has 0 aliphatic carbocycles. The Morgan fingerprint density at radius 3 is 2.27 bits per heavy atom. The monoisotopic (exact) mass is 368 g/mol. The zero-order chi connectivity index (χ0) is 18.6. The average Bonchev–Trinajstić information content (AvgIpc) is 2.62. The topological polar surface area (TPSA) is 81.4 Å². The molecule has 0 radical (unpaired) electrons. The van der Waals surface area contributed by atoms with Gasteiger partial charge in [0.1, 0.15) is 11.5 Å². The highest BCUT2D eigenvalue weighted by molar-refractivity contribution is 7.89. The van der Waals surface area contributed by atoms with Crippen LogP contribution < -0.4 is 15.2 Å². The molecule has 0 atom stereocenters. The molecule has 0 aliphatic rings. The van der Waals surface area contributed by atoms with Gasteiger partial charge in [-0.1, -0.05) is 24.3 Å². The van der Waals surface area contributed by atoms with E-state index >= 15 is 0 Å². The van der Waals surface area contributed by atoms with Crippen LogP contribution in [0.25, 0.3) is 0 Å². The third-order valence-electron chi connectivity index (χ3n) is 3.81. The van der Waals surface area contributed by atoms with E-state index in [0.29, 0.717) is 11.4 Å². The summed E-state index contributed by atoms with van der Waals surface area (Å²) in [5, 5.41) is 0. The molecule has 0 amide bonds. The maximum atomic E-state index is 12.3. The summed E-state index contributed by atoms with van der Waals surface area (Å²) in [5.41, 5.74) is 8.06. The first-order valence-corrected chi connectivity index (χ1v) is 9.59. The van der Waals surface area contributed by atoms with E-state index in [1.54, 1.807) is 12.1 Å². The van der Waals surface area contributed by atoms with Crippen LogP contribution >= 0.6 is 0 Å². The Bertz CT molecular complexity index is 982. The Labute approximate surface area is 153 Å². The highest BCUT2D eigenvalue weighted by Crippen LogP contribution is 2.22. The Hall–Kier alpha value is -2.83.